The Morgan fingerprint density at radius 3 is 2.29 bits per heavy atom. The summed E-state index contributed by atoms with van der Waals surface area (Å²) in [5.41, 5.74) is 5.74. The molecule has 2 aromatic carbocycles. The number of hydrogen-bond donors (Lipinski definition) is 2. The molecule has 1 aromatic heterocycles. The number of carbonyl (C=O) groups excluding carboxylic acids is 1. The molecule has 0 atom stereocenters. The van der Waals surface area contributed by atoms with Crippen LogP contribution in [0.5, 0.6) is 0 Å². The summed E-state index contributed by atoms with van der Waals surface area (Å²) >= 11 is 0. The molecule has 0 bridgehead atoms. The molecule has 0 aliphatic carbocycles. The molecule has 1 saturated heterocycles. The van der Waals surface area contributed by atoms with Gasteiger partial charge in [-0.1, -0.05) is 63.2 Å². The molecule has 2 heterocycles. The number of pyridine rings is 1. The molecule has 182 valence electrons. The lowest BCUT2D eigenvalue weighted by Crippen LogP contribution is -2.42. The standard InChI is InChI=1S/C18H23N3.C8H8FNO.C2H6/c1-2-18-8-7-17(13-20-18)16-5-3-15(4-6-16)14-21-11-9-19-10-12-21;9-8-3-1-2-7(4-8)5-10-6-11;1-2/h3-8,13,19H,2,9-12,14H2,1H3;1-4,6H,5H2,(H,10,11);1-2H3. The van der Waals surface area contributed by atoms with E-state index in [9.17, 15) is 9.18 Å². The van der Waals surface area contributed by atoms with Crippen molar-refractivity contribution in [1.82, 2.24) is 20.5 Å². The highest BCUT2D eigenvalue weighted by Crippen LogP contribution is 2.20. The summed E-state index contributed by atoms with van der Waals surface area (Å²) in [6.07, 6.45) is 3.55. The van der Waals surface area contributed by atoms with Gasteiger partial charge in [-0.25, -0.2) is 4.39 Å². The van der Waals surface area contributed by atoms with E-state index in [2.05, 4.69) is 63.8 Å². The van der Waals surface area contributed by atoms with Gasteiger partial charge in [-0.3, -0.25) is 14.7 Å². The van der Waals surface area contributed by atoms with Crippen LogP contribution in [0, 0.1) is 5.82 Å². The molecule has 1 aliphatic heterocycles. The van der Waals surface area contributed by atoms with Crippen molar-refractivity contribution < 1.29 is 9.18 Å². The van der Waals surface area contributed by atoms with Crippen LogP contribution in [0.1, 0.15) is 37.6 Å². The summed E-state index contributed by atoms with van der Waals surface area (Å²) in [6.45, 7) is 12.1. The minimum atomic E-state index is -0.282. The molecule has 3 aromatic rings. The van der Waals surface area contributed by atoms with Crippen molar-refractivity contribution in [3.05, 3.63) is 89.5 Å². The summed E-state index contributed by atoms with van der Waals surface area (Å²) in [4.78, 5) is 16.8. The average Bonchev–Trinajstić information content (AvgIpc) is 2.90. The highest BCUT2D eigenvalue weighted by molar-refractivity contribution is 5.62. The van der Waals surface area contributed by atoms with Gasteiger partial charge < -0.3 is 10.6 Å². The monoisotopic (exact) mass is 464 g/mol. The van der Waals surface area contributed by atoms with Gasteiger partial charge in [0, 0.05) is 56.7 Å². The van der Waals surface area contributed by atoms with Gasteiger partial charge in [-0.15, -0.1) is 0 Å². The van der Waals surface area contributed by atoms with Crippen LogP contribution in [0.4, 0.5) is 4.39 Å². The summed E-state index contributed by atoms with van der Waals surface area (Å²) < 4.78 is 12.5. The van der Waals surface area contributed by atoms with Gasteiger partial charge in [-0.05, 0) is 41.3 Å². The van der Waals surface area contributed by atoms with Gasteiger partial charge in [0.2, 0.25) is 6.41 Å². The van der Waals surface area contributed by atoms with Crippen LogP contribution in [0.25, 0.3) is 11.1 Å². The van der Waals surface area contributed by atoms with Crippen LogP contribution in [0.2, 0.25) is 0 Å². The van der Waals surface area contributed by atoms with Gasteiger partial charge in [0.25, 0.3) is 0 Å². The van der Waals surface area contributed by atoms with E-state index in [0.29, 0.717) is 13.0 Å². The largest absolute Gasteiger partial charge is 0.355 e. The zero-order chi connectivity index (χ0) is 24.6. The number of nitrogens with zero attached hydrogens (tertiary/aromatic N) is 2. The molecule has 6 heteroatoms. The number of aryl methyl sites for hydroxylation is 1. The van der Waals surface area contributed by atoms with Gasteiger partial charge >= 0.3 is 0 Å². The molecule has 0 saturated carbocycles. The summed E-state index contributed by atoms with van der Waals surface area (Å²) in [5, 5.41) is 5.84. The number of carbonyl (C=O) groups is 1. The Morgan fingerprint density at radius 2 is 1.71 bits per heavy atom. The molecule has 2 N–H and O–H groups in total. The van der Waals surface area contributed by atoms with Crippen LogP contribution in [0.15, 0.2) is 66.9 Å². The van der Waals surface area contributed by atoms with Crippen molar-refractivity contribution in [2.24, 2.45) is 0 Å². The molecular weight excluding hydrogens is 427 g/mol. The maximum Gasteiger partial charge on any atom is 0.207 e. The van der Waals surface area contributed by atoms with Gasteiger partial charge in [0.05, 0.1) is 0 Å². The fourth-order valence-electron chi connectivity index (χ4n) is 3.54. The first kappa shape index (κ1) is 27.2. The fourth-order valence-corrected chi connectivity index (χ4v) is 3.54. The van der Waals surface area contributed by atoms with Crippen LogP contribution < -0.4 is 10.6 Å². The number of amides is 1. The first-order valence-electron chi connectivity index (χ1n) is 12.1. The molecule has 1 aliphatic rings. The summed E-state index contributed by atoms with van der Waals surface area (Å²) in [7, 11) is 0. The van der Waals surface area contributed by atoms with Crippen molar-refractivity contribution in [3.8, 4) is 11.1 Å². The first-order chi connectivity index (χ1) is 16.7. The van der Waals surface area contributed by atoms with E-state index in [1.165, 1.54) is 28.8 Å². The minimum Gasteiger partial charge on any atom is -0.355 e. The Morgan fingerprint density at radius 1 is 1.00 bits per heavy atom. The lowest BCUT2D eigenvalue weighted by Gasteiger charge is -2.27. The minimum absolute atomic E-state index is 0.282. The molecule has 0 unspecified atom stereocenters. The molecule has 1 amide bonds. The molecule has 34 heavy (non-hydrogen) atoms. The lowest BCUT2D eigenvalue weighted by molar-refractivity contribution is -0.109. The highest BCUT2D eigenvalue weighted by atomic mass is 19.1. The number of nitrogens with one attached hydrogen (secondary N) is 2. The van der Waals surface area contributed by atoms with E-state index in [1.54, 1.807) is 12.1 Å². The van der Waals surface area contributed by atoms with Crippen LogP contribution in [-0.4, -0.2) is 42.5 Å². The Labute approximate surface area is 203 Å². The normalized spacial score (nSPS) is 13.1. The van der Waals surface area contributed by atoms with E-state index in [-0.39, 0.29) is 5.82 Å². The third-order valence-electron chi connectivity index (χ3n) is 5.37. The van der Waals surface area contributed by atoms with E-state index in [4.69, 9.17) is 0 Å². The molecule has 0 radical (unpaired) electrons. The van der Waals surface area contributed by atoms with Gasteiger partial charge in [0.15, 0.2) is 0 Å². The topological polar surface area (TPSA) is 57.3 Å². The summed E-state index contributed by atoms with van der Waals surface area (Å²) in [6, 6.07) is 19.3. The number of piperazine rings is 1. The SMILES string of the molecule is CC.CCc1ccc(-c2ccc(CN3CCNCC3)cc2)cn1.O=CNCc1cccc(F)c1. The van der Waals surface area contributed by atoms with Crippen LogP contribution in [-0.2, 0) is 24.3 Å². The van der Waals surface area contributed by atoms with E-state index in [0.717, 1.165) is 50.4 Å². The molecule has 0 spiro atoms. The van der Waals surface area contributed by atoms with Crippen molar-refractivity contribution >= 4 is 6.41 Å². The van der Waals surface area contributed by atoms with E-state index in [1.807, 2.05) is 20.0 Å². The number of rotatable bonds is 7. The zero-order valence-electron chi connectivity index (χ0n) is 20.6. The van der Waals surface area contributed by atoms with Crippen molar-refractivity contribution in [1.29, 1.82) is 0 Å². The zero-order valence-corrected chi connectivity index (χ0v) is 20.6. The summed E-state index contributed by atoms with van der Waals surface area (Å²) in [5.74, 6) is -0.282. The van der Waals surface area contributed by atoms with Gasteiger partial charge in [-0.2, -0.15) is 0 Å². The van der Waals surface area contributed by atoms with Crippen LogP contribution >= 0.6 is 0 Å². The third kappa shape index (κ3) is 9.41. The molecule has 5 nitrogen and oxygen atoms in total. The maximum atomic E-state index is 12.5. The van der Waals surface area contributed by atoms with E-state index < -0.39 is 0 Å². The van der Waals surface area contributed by atoms with Crippen LogP contribution in [0.3, 0.4) is 0 Å². The van der Waals surface area contributed by atoms with Gasteiger partial charge in [0.1, 0.15) is 5.82 Å². The van der Waals surface area contributed by atoms with Crippen molar-refractivity contribution in [2.75, 3.05) is 26.2 Å². The van der Waals surface area contributed by atoms with Crippen molar-refractivity contribution in [2.45, 2.75) is 40.3 Å². The Hall–Kier alpha value is -3.09. The average molecular weight is 465 g/mol. The molecule has 1 fully saturated rings. The lowest BCUT2D eigenvalue weighted by atomic mass is 10.0. The highest BCUT2D eigenvalue weighted by Gasteiger charge is 2.09. The molecule has 4 rings (SSSR count). The Balaban J connectivity index is 0.000000266. The smallest absolute Gasteiger partial charge is 0.207 e. The van der Waals surface area contributed by atoms with E-state index >= 15 is 0 Å². The Kier molecular flexibility index (Phi) is 12.5. The third-order valence-corrected chi connectivity index (χ3v) is 5.37. The number of halogens is 1. The number of benzene rings is 2. The quantitative estimate of drug-likeness (QED) is 0.493. The first-order valence-corrected chi connectivity index (χ1v) is 12.1. The maximum absolute atomic E-state index is 12.5. The second kappa shape index (κ2) is 15.7. The molecular formula is C28H37FN4O. The number of hydrogen-bond acceptors (Lipinski definition) is 4. The second-order valence-electron chi connectivity index (χ2n) is 7.74. The Bertz CT molecular complexity index is 955. The fraction of sp³-hybridized carbons (Fsp3) is 0.357. The number of aromatic nitrogens is 1. The van der Waals surface area contributed by atoms with Crippen molar-refractivity contribution in [3.63, 3.8) is 0 Å². The second-order valence-corrected chi connectivity index (χ2v) is 7.74. The predicted octanol–water partition coefficient (Wildman–Crippen LogP) is 4.81. The predicted molar refractivity (Wildman–Crippen MR) is 138 cm³/mol.